The summed E-state index contributed by atoms with van der Waals surface area (Å²) in [6.07, 6.45) is 1.79. The van der Waals surface area contributed by atoms with Crippen LogP contribution in [0.5, 0.6) is 5.75 Å². The first kappa shape index (κ1) is 24.0. The SMILES string of the molecule is Cc1ccc(CNc2ncnc3c(OCC(=O)N[C@H]4C[C@H]4C(=O)O)cc(-c4ccc(F)cc4)cc23)nn1. The highest BCUT2D eigenvalue weighted by Gasteiger charge is 2.44. The molecular formula is C26H23FN6O4. The Morgan fingerprint density at radius 1 is 1.08 bits per heavy atom. The molecule has 1 aliphatic carbocycles. The highest BCUT2D eigenvalue weighted by atomic mass is 19.1. The second kappa shape index (κ2) is 10.1. The normalized spacial score (nSPS) is 16.3. The van der Waals surface area contributed by atoms with Crippen molar-refractivity contribution in [3.63, 3.8) is 0 Å². The number of aromatic nitrogens is 4. The molecule has 1 saturated carbocycles. The molecule has 1 aliphatic rings. The quantitative estimate of drug-likeness (QED) is 0.315. The number of aliphatic carboxylic acids is 1. The molecule has 2 heterocycles. The van der Waals surface area contributed by atoms with Gasteiger partial charge in [-0.25, -0.2) is 14.4 Å². The number of amides is 1. The molecule has 0 saturated heterocycles. The molecule has 0 aliphatic heterocycles. The van der Waals surface area contributed by atoms with Crippen molar-refractivity contribution in [2.24, 2.45) is 5.92 Å². The Bertz CT molecular complexity index is 1460. The lowest BCUT2D eigenvalue weighted by Crippen LogP contribution is -2.32. The summed E-state index contributed by atoms with van der Waals surface area (Å²) >= 11 is 0. The number of anilines is 1. The molecule has 1 amide bonds. The average molecular weight is 503 g/mol. The number of carbonyl (C=O) groups is 2. The van der Waals surface area contributed by atoms with Crippen molar-refractivity contribution in [2.45, 2.75) is 25.9 Å². The van der Waals surface area contributed by atoms with Crippen molar-refractivity contribution in [3.05, 3.63) is 72.1 Å². The zero-order chi connectivity index (χ0) is 25.9. The van der Waals surface area contributed by atoms with Gasteiger partial charge < -0.3 is 20.5 Å². The molecule has 2 aromatic carbocycles. The molecule has 1 fully saturated rings. The topological polar surface area (TPSA) is 139 Å². The minimum Gasteiger partial charge on any atom is -0.481 e. The van der Waals surface area contributed by atoms with Gasteiger partial charge in [-0.2, -0.15) is 10.2 Å². The van der Waals surface area contributed by atoms with E-state index in [-0.39, 0.29) is 18.5 Å². The number of benzene rings is 2. The van der Waals surface area contributed by atoms with E-state index in [0.717, 1.165) is 17.0 Å². The lowest BCUT2D eigenvalue weighted by atomic mass is 10.0. The number of hydrogen-bond acceptors (Lipinski definition) is 8. The van der Waals surface area contributed by atoms with Crippen LogP contribution in [-0.2, 0) is 16.1 Å². The largest absolute Gasteiger partial charge is 0.481 e. The minimum atomic E-state index is -0.933. The Morgan fingerprint density at radius 3 is 2.59 bits per heavy atom. The zero-order valence-corrected chi connectivity index (χ0v) is 19.8. The minimum absolute atomic E-state index is 0.323. The van der Waals surface area contributed by atoms with Crippen molar-refractivity contribution >= 4 is 28.6 Å². The Hall–Kier alpha value is -4.67. The highest BCUT2D eigenvalue weighted by Crippen LogP contribution is 2.35. The zero-order valence-electron chi connectivity index (χ0n) is 19.8. The number of rotatable bonds is 9. The summed E-state index contributed by atoms with van der Waals surface area (Å²) in [5.74, 6) is -1.43. The predicted octanol–water partition coefficient (Wildman–Crippen LogP) is 3.11. The summed E-state index contributed by atoms with van der Waals surface area (Å²) < 4.78 is 19.4. The number of aryl methyl sites for hydroxylation is 1. The van der Waals surface area contributed by atoms with Crippen molar-refractivity contribution in [2.75, 3.05) is 11.9 Å². The van der Waals surface area contributed by atoms with E-state index in [1.165, 1.54) is 18.5 Å². The molecule has 2 aromatic heterocycles. The molecule has 0 spiro atoms. The van der Waals surface area contributed by atoms with Gasteiger partial charge in [0.05, 0.1) is 23.9 Å². The number of nitrogens with one attached hydrogen (secondary N) is 2. The molecule has 0 bridgehead atoms. The first-order chi connectivity index (χ1) is 17.9. The Kier molecular flexibility index (Phi) is 6.59. The van der Waals surface area contributed by atoms with Crippen LogP contribution in [0.15, 0.2) is 54.9 Å². The van der Waals surface area contributed by atoms with E-state index in [9.17, 15) is 14.0 Å². The summed E-state index contributed by atoms with van der Waals surface area (Å²) in [7, 11) is 0. The third kappa shape index (κ3) is 5.61. The van der Waals surface area contributed by atoms with Gasteiger partial charge in [0.1, 0.15) is 29.2 Å². The predicted molar refractivity (Wildman–Crippen MR) is 132 cm³/mol. The van der Waals surface area contributed by atoms with Crippen molar-refractivity contribution in [3.8, 4) is 16.9 Å². The van der Waals surface area contributed by atoms with Gasteiger partial charge >= 0.3 is 5.97 Å². The monoisotopic (exact) mass is 502 g/mol. The van der Waals surface area contributed by atoms with E-state index < -0.39 is 17.8 Å². The second-order valence-corrected chi connectivity index (χ2v) is 8.76. The fourth-order valence-electron chi connectivity index (χ4n) is 3.91. The molecule has 4 aromatic rings. The molecule has 5 rings (SSSR count). The number of hydrogen-bond donors (Lipinski definition) is 3. The number of nitrogens with zero attached hydrogens (tertiary/aromatic N) is 4. The van der Waals surface area contributed by atoms with Gasteiger partial charge in [-0.1, -0.05) is 12.1 Å². The van der Waals surface area contributed by atoms with Crippen LogP contribution in [0.3, 0.4) is 0 Å². The first-order valence-corrected chi connectivity index (χ1v) is 11.6. The smallest absolute Gasteiger partial charge is 0.308 e. The van der Waals surface area contributed by atoms with E-state index in [0.29, 0.717) is 41.0 Å². The van der Waals surface area contributed by atoms with E-state index in [1.807, 2.05) is 25.1 Å². The summed E-state index contributed by atoms with van der Waals surface area (Å²) in [4.78, 5) is 32.2. The van der Waals surface area contributed by atoms with Gasteiger partial charge in [0, 0.05) is 11.4 Å². The molecular weight excluding hydrogens is 479 g/mol. The maximum Gasteiger partial charge on any atom is 0.308 e. The van der Waals surface area contributed by atoms with E-state index >= 15 is 0 Å². The number of fused-ring (bicyclic) bond motifs is 1. The molecule has 188 valence electrons. The first-order valence-electron chi connectivity index (χ1n) is 11.6. The average Bonchev–Trinajstić information content (AvgIpc) is 3.66. The lowest BCUT2D eigenvalue weighted by Gasteiger charge is -2.14. The molecule has 10 nitrogen and oxygen atoms in total. The second-order valence-electron chi connectivity index (χ2n) is 8.76. The van der Waals surface area contributed by atoms with Crippen LogP contribution in [-0.4, -0.2) is 49.8 Å². The van der Waals surface area contributed by atoms with Crippen LogP contribution in [0.1, 0.15) is 17.8 Å². The van der Waals surface area contributed by atoms with Gasteiger partial charge in [0.2, 0.25) is 0 Å². The van der Waals surface area contributed by atoms with Gasteiger partial charge in [0.15, 0.2) is 6.61 Å². The summed E-state index contributed by atoms with van der Waals surface area (Å²) in [6.45, 7) is 1.90. The fourth-order valence-corrected chi connectivity index (χ4v) is 3.91. The Labute approximate surface area is 210 Å². The van der Waals surface area contributed by atoms with Crippen molar-refractivity contribution in [1.29, 1.82) is 0 Å². The van der Waals surface area contributed by atoms with Crippen LogP contribution >= 0.6 is 0 Å². The van der Waals surface area contributed by atoms with Crippen LogP contribution in [0, 0.1) is 18.7 Å². The standard InChI is InChI=1S/C26H23FN6O4/c1-14-2-7-18(33-32-14)11-28-25-20-8-16(15-3-5-17(27)6-4-15)9-22(24(20)29-13-30-25)37-12-23(34)31-21-10-19(21)26(35)36/h2-9,13,19,21H,10-12H2,1H3,(H,31,34)(H,35,36)(H,28,29,30)/t19-,21+/m1/s1. The highest BCUT2D eigenvalue weighted by molar-refractivity contribution is 5.96. The maximum absolute atomic E-state index is 13.5. The summed E-state index contributed by atoms with van der Waals surface area (Å²) in [5.41, 5.74) is 3.45. The van der Waals surface area contributed by atoms with Gasteiger partial charge in [-0.15, -0.1) is 0 Å². The molecule has 0 radical (unpaired) electrons. The molecule has 37 heavy (non-hydrogen) atoms. The number of ether oxygens (including phenoxy) is 1. The number of carboxylic acids is 1. The molecule has 2 atom stereocenters. The lowest BCUT2D eigenvalue weighted by molar-refractivity contribution is -0.138. The molecule has 3 N–H and O–H groups in total. The van der Waals surface area contributed by atoms with Crippen LogP contribution < -0.4 is 15.4 Å². The molecule has 0 unspecified atom stereocenters. The van der Waals surface area contributed by atoms with E-state index in [1.54, 1.807) is 18.2 Å². The number of carbonyl (C=O) groups excluding carboxylic acids is 1. The van der Waals surface area contributed by atoms with Crippen molar-refractivity contribution < 1.29 is 23.8 Å². The fraction of sp³-hybridized carbons (Fsp3) is 0.231. The van der Waals surface area contributed by atoms with Crippen LogP contribution in [0.4, 0.5) is 10.2 Å². The maximum atomic E-state index is 13.5. The third-order valence-electron chi connectivity index (χ3n) is 5.98. The van der Waals surface area contributed by atoms with Gasteiger partial charge in [-0.3, -0.25) is 9.59 Å². The van der Waals surface area contributed by atoms with E-state index in [4.69, 9.17) is 9.84 Å². The number of carboxylic acid groups (broad SMARTS) is 1. The Morgan fingerprint density at radius 2 is 1.89 bits per heavy atom. The third-order valence-corrected chi connectivity index (χ3v) is 5.98. The Balaban J connectivity index is 1.43. The molecule has 11 heteroatoms. The van der Waals surface area contributed by atoms with Crippen LogP contribution in [0.2, 0.25) is 0 Å². The van der Waals surface area contributed by atoms with Gasteiger partial charge in [-0.05, 0) is 60.9 Å². The number of halogens is 1. The van der Waals surface area contributed by atoms with E-state index in [2.05, 4.69) is 30.8 Å². The summed E-state index contributed by atoms with van der Waals surface area (Å²) in [5, 5.41) is 23.8. The van der Waals surface area contributed by atoms with Gasteiger partial charge in [0.25, 0.3) is 5.91 Å². The van der Waals surface area contributed by atoms with Crippen LogP contribution in [0.25, 0.3) is 22.0 Å². The van der Waals surface area contributed by atoms with Crippen molar-refractivity contribution in [1.82, 2.24) is 25.5 Å². The summed E-state index contributed by atoms with van der Waals surface area (Å²) in [6, 6.07) is 12.9.